The van der Waals surface area contributed by atoms with Crippen LogP contribution in [0.2, 0.25) is 5.02 Å². The van der Waals surface area contributed by atoms with E-state index in [0.717, 1.165) is 24.8 Å². The van der Waals surface area contributed by atoms with Crippen molar-refractivity contribution >= 4 is 44.9 Å². The molecule has 2 aliphatic heterocycles. The van der Waals surface area contributed by atoms with Crippen LogP contribution in [0.25, 0.3) is 0 Å². The van der Waals surface area contributed by atoms with Gasteiger partial charge in [-0.3, -0.25) is 0 Å². The molecule has 1 N–H and O–H groups in total. The molecule has 2 aliphatic rings. The number of nitrogens with zero attached hydrogens (tertiary/aromatic N) is 3. The largest absolute Gasteiger partial charge is 0.303 e. The van der Waals surface area contributed by atoms with Gasteiger partial charge in [0.2, 0.25) is 5.11 Å². The summed E-state index contributed by atoms with van der Waals surface area (Å²) >= 11 is 11.4. The van der Waals surface area contributed by atoms with Gasteiger partial charge in [-0.05, 0) is 54.4 Å². The molecule has 0 radical (unpaired) electrons. The lowest BCUT2D eigenvalue weighted by molar-refractivity contribution is 0.343. The third kappa shape index (κ3) is 4.90. The van der Waals surface area contributed by atoms with Gasteiger partial charge in [0.05, 0.1) is 18.2 Å². The van der Waals surface area contributed by atoms with Crippen molar-refractivity contribution in [1.82, 2.24) is 14.0 Å². The third-order valence-electron chi connectivity index (χ3n) is 5.44. The number of halogens is 2. The summed E-state index contributed by atoms with van der Waals surface area (Å²) in [5.41, 5.74) is 1.84. The fourth-order valence-corrected chi connectivity index (χ4v) is 5.60. The van der Waals surface area contributed by atoms with Gasteiger partial charge in [-0.1, -0.05) is 48.4 Å². The summed E-state index contributed by atoms with van der Waals surface area (Å²) in [5, 5.41) is 6.53. The highest BCUT2D eigenvalue weighted by Gasteiger charge is 2.34. The molecule has 1 unspecified atom stereocenters. The summed E-state index contributed by atoms with van der Waals surface area (Å²) in [7, 11) is -3.76. The standard InChI is InChI=1S/C21H22ClFN4O2S2/c22-16-10-8-15(9-11-16)20-18(17-6-2-3-7-19(17)23)14-27(24-20)21(30)25-31(28,29)26-12-4-1-5-13-26/h2-3,6-11,18H,1,4-5,12-14H2,(H,25,30). The molecule has 1 fully saturated rings. The molecule has 1 atom stereocenters. The summed E-state index contributed by atoms with van der Waals surface area (Å²) in [5.74, 6) is -0.768. The first-order chi connectivity index (χ1) is 14.8. The Morgan fingerprint density at radius 2 is 1.77 bits per heavy atom. The van der Waals surface area contributed by atoms with Crippen molar-refractivity contribution in [3.63, 3.8) is 0 Å². The van der Waals surface area contributed by atoms with Gasteiger partial charge >= 0.3 is 10.2 Å². The number of piperidine rings is 1. The van der Waals surface area contributed by atoms with Gasteiger partial charge in [0.15, 0.2) is 0 Å². The second-order valence-corrected chi connectivity index (χ2v) is 10.0. The zero-order valence-corrected chi connectivity index (χ0v) is 19.1. The SMILES string of the molecule is O=S(=O)(NC(=S)N1CC(c2ccccc2F)C(c2ccc(Cl)cc2)=N1)N1CCCCC1. The number of rotatable bonds is 4. The van der Waals surface area contributed by atoms with E-state index in [4.69, 9.17) is 23.8 Å². The van der Waals surface area contributed by atoms with Crippen LogP contribution in [0.5, 0.6) is 0 Å². The van der Waals surface area contributed by atoms with Crippen molar-refractivity contribution in [2.75, 3.05) is 19.6 Å². The Balaban J connectivity index is 1.61. The molecule has 2 heterocycles. The van der Waals surface area contributed by atoms with E-state index < -0.39 is 16.1 Å². The first-order valence-corrected chi connectivity index (χ1v) is 12.3. The van der Waals surface area contributed by atoms with Gasteiger partial charge in [-0.25, -0.2) is 14.1 Å². The van der Waals surface area contributed by atoms with Gasteiger partial charge in [-0.15, -0.1) is 0 Å². The van der Waals surface area contributed by atoms with Crippen molar-refractivity contribution in [2.24, 2.45) is 5.10 Å². The molecule has 164 valence electrons. The van der Waals surface area contributed by atoms with Crippen molar-refractivity contribution in [3.05, 3.63) is 70.5 Å². The molecule has 0 spiro atoms. The molecule has 4 rings (SSSR count). The molecule has 0 amide bonds. The maximum absolute atomic E-state index is 14.6. The maximum Gasteiger partial charge on any atom is 0.303 e. The Hall–Kier alpha value is -2.07. The number of nitrogens with one attached hydrogen (secondary N) is 1. The fraction of sp³-hybridized carbons (Fsp3) is 0.333. The van der Waals surface area contributed by atoms with E-state index in [1.54, 1.807) is 42.5 Å². The highest BCUT2D eigenvalue weighted by molar-refractivity contribution is 7.89. The van der Waals surface area contributed by atoms with Crippen LogP contribution in [-0.4, -0.2) is 48.2 Å². The molecule has 0 aliphatic carbocycles. The summed E-state index contributed by atoms with van der Waals surface area (Å²) in [4.78, 5) is 0. The van der Waals surface area contributed by atoms with Crippen LogP contribution in [0, 0.1) is 5.82 Å². The quantitative estimate of drug-likeness (QED) is 0.674. The average molecular weight is 481 g/mol. The monoisotopic (exact) mass is 480 g/mol. The lowest BCUT2D eigenvalue weighted by Crippen LogP contribution is -2.48. The number of benzene rings is 2. The molecule has 1 saturated heterocycles. The first-order valence-electron chi connectivity index (χ1n) is 10.0. The van der Waals surface area contributed by atoms with Gasteiger partial charge in [-0.2, -0.15) is 17.8 Å². The number of hydrazone groups is 1. The lowest BCUT2D eigenvalue weighted by atomic mass is 9.90. The molecule has 2 aromatic carbocycles. The van der Waals surface area contributed by atoms with E-state index in [9.17, 15) is 12.8 Å². The Labute approximate surface area is 191 Å². The lowest BCUT2D eigenvalue weighted by Gasteiger charge is -2.27. The molecule has 2 aromatic rings. The minimum atomic E-state index is -3.76. The number of hydrogen-bond acceptors (Lipinski definition) is 4. The van der Waals surface area contributed by atoms with E-state index in [1.165, 1.54) is 15.4 Å². The van der Waals surface area contributed by atoms with Crippen LogP contribution >= 0.6 is 23.8 Å². The second-order valence-electron chi connectivity index (χ2n) is 7.52. The predicted octanol–water partition coefficient (Wildman–Crippen LogP) is 3.89. The van der Waals surface area contributed by atoms with Crippen LogP contribution in [0.15, 0.2) is 53.6 Å². The van der Waals surface area contributed by atoms with Gasteiger partial charge in [0, 0.05) is 18.1 Å². The number of hydrogen-bond donors (Lipinski definition) is 1. The van der Waals surface area contributed by atoms with Gasteiger partial charge in [0.25, 0.3) is 0 Å². The zero-order valence-electron chi connectivity index (χ0n) is 16.7. The minimum Gasteiger partial charge on any atom is -0.245 e. The van der Waals surface area contributed by atoms with E-state index in [-0.39, 0.29) is 17.5 Å². The highest BCUT2D eigenvalue weighted by atomic mass is 35.5. The average Bonchev–Trinajstić information content (AvgIpc) is 3.20. The third-order valence-corrected chi connectivity index (χ3v) is 7.63. The van der Waals surface area contributed by atoms with Crippen LogP contribution in [0.4, 0.5) is 4.39 Å². The summed E-state index contributed by atoms with van der Waals surface area (Å²) in [6, 6.07) is 13.6. The van der Waals surface area contributed by atoms with E-state index in [1.807, 2.05) is 0 Å². The molecule has 0 aromatic heterocycles. The van der Waals surface area contributed by atoms with Gasteiger partial charge < -0.3 is 0 Å². The fourth-order valence-electron chi connectivity index (χ4n) is 3.84. The second kappa shape index (κ2) is 9.20. The molecule has 10 heteroatoms. The molecule has 0 bridgehead atoms. The van der Waals surface area contributed by atoms with Gasteiger partial charge in [0.1, 0.15) is 5.82 Å². The highest BCUT2D eigenvalue weighted by Crippen LogP contribution is 2.31. The Morgan fingerprint density at radius 3 is 2.45 bits per heavy atom. The van der Waals surface area contributed by atoms with Crippen molar-refractivity contribution in [2.45, 2.75) is 25.2 Å². The molecular formula is C21H22ClFN4O2S2. The summed E-state index contributed by atoms with van der Waals surface area (Å²) < 4.78 is 43.9. The smallest absolute Gasteiger partial charge is 0.245 e. The normalized spacial score (nSPS) is 19.9. The maximum atomic E-state index is 14.6. The zero-order chi connectivity index (χ0) is 22.0. The van der Waals surface area contributed by atoms with Crippen LogP contribution < -0.4 is 4.72 Å². The molecule has 0 saturated carbocycles. The number of thiocarbonyl (C=S) groups is 1. The van der Waals surface area contributed by atoms with Crippen molar-refractivity contribution < 1.29 is 12.8 Å². The van der Waals surface area contributed by atoms with E-state index >= 15 is 0 Å². The molecule has 31 heavy (non-hydrogen) atoms. The first kappa shape index (κ1) is 22.1. The topological polar surface area (TPSA) is 65.0 Å². The summed E-state index contributed by atoms with van der Waals surface area (Å²) in [6.07, 6.45) is 2.67. The van der Waals surface area contributed by atoms with Crippen LogP contribution in [-0.2, 0) is 10.2 Å². The predicted molar refractivity (Wildman–Crippen MR) is 124 cm³/mol. The van der Waals surface area contributed by atoms with E-state index in [0.29, 0.717) is 29.4 Å². The van der Waals surface area contributed by atoms with Crippen molar-refractivity contribution in [3.8, 4) is 0 Å². The Kier molecular flexibility index (Phi) is 6.57. The summed E-state index contributed by atoms with van der Waals surface area (Å²) in [6.45, 7) is 1.16. The molecular weight excluding hydrogens is 459 g/mol. The Morgan fingerprint density at radius 1 is 1.10 bits per heavy atom. The van der Waals surface area contributed by atoms with Crippen LogP contribution in [0.1, 0.15) is 36.3 Å². The van der Waals surface area contributed by atoms with E-state index in [2.05, 4.69) is 9.82 Å². The minimum absolute atomic E-state index is 0.0316. The molecule has 6 nitrogen and oxygen atoms in total. The van der Waals surface area contributed by atoms with Crippen molar-refractivity contribution in [1.29, 1.82) is 0 Å². The van der Waals surface area contributed by atoms with Crippen LogP contribution in [0.3, 0.4) is 0 Å². The Bertz CT molecular complexity index is 1100.